The van der Waals surface area contributed by atoms with Crippen molar-refractivity contribution in [3.8, 4) is 11.5 Å². The molecule has 1 aliphatic rings. The van der Waals surface area contributed by atoms with Crippen LogP contribution in [0.2, 0.25) is 0 Å². The number of methoxy groups -OCH3 is 1. The molecule has 2 aromatic rings. The van der Waals surface area contributed by atoms with E-state index in [1.165, 1.54) is 0 Å². The van der Waals surface area contributed by atoms with Crippen LogP contribution >= 0.6 is 0 Å². The smallest absolute Gasteiger partial charge is 0.368 e. The second-order valence-electron chi connectivity index (χ2n) is 6.30. The monoisotopic (exact) mass is 377 g/mol. The summed E-state index contributed by atoms with van der Waals surface area (Å²) < 4.78 is 11.4. The number of nitrogens with zero attached hydrogens (tertiary/aromatic N) is 1. The van der Waals surface area contributed by atoms with Crippen molar-refractivity contribution in [3.63, 3.8) is 0 Å². The molecule has 0 radical (unpaired) electrons. The fourth-order valence-corrected chi connectivity index (χ4v) is 2.97. The van der Waals surface area contributed by atoms with Gasteiger partial charge in [0, 0.05) is 11.1 Å². The maximum absolute atomic E-state index is 12.3. The second-order valence-corrected chi connectivity index (χ2v) is 6.30. The fourth-order valence-electron chi connectivity index (χ4n) is 2.97. The zero-order valence-electron chi connectivity index (χ0n) is 16.1. The molecule has 144 valence electrons. The Bertz CT molecular complexity index is 929. The molecule has 5 nitrogen and oxygen atoms in total. The van der Waals surface area contributed by atoms with Crippen LogP contribution in [-0.2, 0) is 16.1 Å². The molecule has 1 aliphatic heterocycles. The Morgan fingerprint density at radius 3 is 2.68 bits per heavy atom. The van der Waals surface area contributed by atoms with Gasteiger partial charge in [-0.3, -0.25) is 0 Å². The van der Waals surface area contributed by atoms with Crippen LogP contribution in [0.1, 0.15) is 30.0 Å². The van der Waals surface area contributed by atoms with E-state index in [0.717, 1.165) is 23.1 Å². The van der Waals surface area contributed by atoms with Crippen LogP contribution in [0.15, 0.2) is 65.8 Å². The van der Waals surface area contributed by atoms with Gasteiger partial charge in [0.1, 0.15) is 5.71 Å². The first-order valence-electron chi connectivity index (χ1n) is 9.19. The highest BCUT2D eigenvalue weighted by Gasteiger charge is 2.27. The van der Waals surface area contributed by atoms with Crippen LogP contribution in [0.3, 0.4) is 0 Å². The normalized spacial score (nSPS) is 14.6. The Kier molecular flexibility index (Phi) is 6.27. The lowest BCUT2D eigenvalue weighted by Crippen LogP contribution is -2.07. The standard InChI is InChI=1S/C23H23NO4/c1-4-9-18-13-16(15-20(26-3)22(18)27-12-5-2)14-19-21(24-28-23(19)25)17-10-7-6-8-11-17/h4,6-8,10-11,13-15H,1,5,9,12H2,2-3H3/b19-14-. The molecule has 0 saturated heterocycles. The van der Waals surface area contributed by atoms with Gasteiger partial charge in [-0.2, -0.15) is 0 Å². The highest BCUT2D eigenvalue weighted by Crippen LogP contribution is 2.35. The molecule has 0 fully saturated rings. The summed E-state index contributed by atoms with van der Waals surface area (Å²) in [6, 6.07) is 13.3. The van der Waals surface area contributed by atoms with Gasteiger partial charge in [0.25, 0.3) is 0 Å². The number of carbonyl (C=O) groups excluding carboxylic acids is 1. The Labute approximate surface area is 164 Å². The maximum Gasteiger partial charge on any atom is 0.368 e. The summed E-state index contributed by atoms with van der Waals surface area (Å²) in [6.07, 6.45) is 5.09. The molecule has 5 heteroatoms. The molecule has 0 saturated carbocycles. The van der Waals surface area contributed by atoms with Crippen molar-refractivity contribution in [2.45, 2.75) is 19.8 Å². The topological polar surface area (TPSA) is 57.1 Å². The SMILES string of the molecule is C=CCc1cc(/C=C2\C(=O)ON=C2c2ccccc2)cc(OC)c1OCCC. The molecule has 3 rings (SSSR count). The van der Waals surface area contributed by atoms with Crippen LogP contribution in [0.25, 0.3) is 6.08 Å². The number of rotatable bonds is 8. The molecular formula is C23H23NO4. The van der Waals surface area contributed by atoms with Gasteiger partial charge in [-0.1, -0.05) is 48.5 Å². The second kappa shape index (κ2) is 9.04. The third-order valence-electron chi connectivity index (χ3n) is 4.24. The summed E-state index contributed by atoms with van der Waals surface area (Å²) in [5.74, 6) is 0.843. The molecule has 28 heavy (non-hydrogen) atoms. The molecule has 2 aromatic carbocycles. The molecule has 0 unspecified atom stereocenters. The molecule has 0 N–H and O–H groups in total. The molecule has 1 heterocycles. The molecule has 0 aliphatic carbocycles. The number of hydrogen-bond donors (Lipinski definition) is 0. The Balaban J connectivity index is 2.04. The van der Waals surface area contributed by atoms with Crippen molar-refractivity contribution in [2.24, 2.45) is 5.16 Å². The number of hydrogen-bond acceptors (Lipinski definition) is 5. The van der Waals surface area contributed by atoms with Gasteiger partial charge in [-0.25, -0.2) is 4.79 Å². The first kappa shape index (κ1) is 19.4. The van der Waals surface area contributed by atoms with Gasteiger partial charge >= 0.3 is 5.97 Å². The predicted molar refractivity (Wildman–Crippen MR) is 110 cm³/mol. The van der Waals surface area contributed by atoms with Crippen LogP contribution in [-0.4, -0.2) is 25.4 Å². The minimum atomic E-state index is -0.477. The lowest BCUT2D eigenvalue weighted by atomic mass is 9.99. The van der Waals surface area contributed by atoms with E-state index in [-0.39, 0.29) is 0 Å². The van der Waals surface area contributed by atoms with Gasteiger partial charge in [-0.15, -0.1) is 6.58 Å². The van der Waals surface area contributed by atoms with Crippen LogP contribution in [0.4, 0.5) is 0 Å². The molecule has 0 aromatic heterocycles. The minimum Gasteiger partial charge on any atom is -0.493 e. The quantitative estimate of drug-likeness (QED) is 0.384. The largest absolute Gasteiger partial charge is 0.493 e. The zero-order valence-corrected chi connectivity index (χ0v) is 16.1. The van der Waals surface area contributed by atoms with E-state index < -0.39 is 5.97 Å². The highest BCUT2D eigenvalue weighted by atomic mass is 16.7. The Morgan fingerprint density at radius 1 is 1.21 bits per heavy atom. The zero-order chi connectivity index (χ0) is 19.9. The van der Waals surface area contributed by atoms with Crippen molar-refractivity contribution in [2.75, 3.05) is 13.7 Å². The first-order chi connectivity index (χ1) is 13.7. The predicted octanol–water partition coefficient (Wildman–Crippen LogP) is 4.56. The third kappa shape index (κ3) is 4.14. The summed E-state index contributed by atoms with van der Waals surface area (Å²) in [6.45, 7) is 6.47. The van der Waals surface area contributed by atoms with Crippen LogP contribution in [0.5, 0.6) is 11.5 Å². The van der Waals surface area contributed by atoms with Gasteiger partial charge in [0.15, 0.2) is 11.5 Å². The summed E-state index contributed by atoms with van der Waals surface area (Å²) in [7, 11) is 1.60. The van der Waals surface area contributed by atoms with Crippen molar-refractivity contribution >= 4 is 17.8 Å². The summed E-state index contributed by atoms with van der Waals surface area (Å²) >= 11 is 0. The van der Waals surface area contributed by atoms with Gasteiger partial charge in [0.2, 0.25) is 0 Å². The number of ether oxygens (including phenoxy) is 2. The van der Waals surface area contributed by atoms with Gasteiger partial charge < -0.3 is 14.3 Å². The van der Waals surface area contributed by atoms with E-state index in [4.69, 9.17) is 14.3 Å². The summed E-state index contributed by atoms with van der Waals surface area (Å²) in [5.41, 5.74) is 3.48. The molecule has 0 spiro atoms. The fraction of sp³-hybridized carbons (Fsp3) is 0.217. The molecular weight excluding hydrogens is 354 g/mol. The van der Waals surface area contributed by atoms with Gasteiger partial charge in [-0.05, 0) is 36.6 Å². The van der Waals surface area contributed by atoms with E-state index >= 15 is 0 Å². The number of allylic oxidation sites excluding steroid dienone is 1. The van der Waals surface area contributed by atoms with Crippen molar-refractivity contribution in [1.29, 1.82) is 0 Å². The van der Waals surface area contributed by atoms with Gasteiger partial charge in [0.05, 0.1) is 19.3 Å². The lowest BCUT2D eigenvalue weighted by molar-refractivity contribution is -0.136. The molecule has 0 amide bonds. The average molecular weight is 377 g/mol. The Hall–Kier alpha value is -3.34. The van der Waals surface area contributed by atoms with E-state index in [1.54, 1.807) is 13.2 Å². The summed E-state index contributed by atoms with van der Waals surface area (Å²) in [5, 5.41) is 3.95. The lowest BCUT2D eigenvalue weighted by Gasteiger charge is -2.15. The Morgan fingerprint density at radius 2 is 2.00 bits per heavy atom. The number of oxime groups is 1. The van der Waals surface area contributed by atoms with Crippen LogP contribution in [0, 0.1) is 0 Å². The van der Waals surface area contributed by atoms with E-state index in [9.17, 15) is 4.79 Å². The van der Waals surface area contributed by atoms with Crippen molar-refractivity contribution < 1.29 is 19.1 Å². The first-order valence-corrected chi connectivity index (χ1v) is 9.19. The van der Waals surface area contributed by atoms with Crippen molar-refractivity contribution in [1.82, 2.24) is 0 Å². The van der Waals surface area contributed by atoms with E-state index in [2.05, 4.69) is 18.7 Å². The highest BCUT2D eigenvalue weighted by molar-refractivity contribution is 6.31. The molecule has 0 atom stereocenters. The number of carbonyl (C=O) groups is 1. The number of benzene rings is 2. The minimum absolute atomic E-state index is 0.403. The maximum atomic E-state index is 12.3. The van der Waals surface area contributed by atoms with Crippen molar-refractivity contribution in [3.05, 3.63) is 77.4 Å². The summed E-state index contributed by atoms with van der Waals surface area (Å²) in [4.78, 5) is 17.2. The average Bonchev–Trinajstić information content (AvgIpc) is 3.08. The molecule has 0 bridgehead atoms. The van der Waals surface area contributed by atoms with Crippen LogP contribution < -0.4 is 9.47 Å². The third-order valence-corrected chi connectivity index (χ3v) is 4.24. The van der Waals surface area contributed by atoms with E-state index in [0.29, 0.717) is 35.8 Å². The van der Waals surface area contributed by atoms with E-state index in [1.807, 2.05) is 48.5 Å².